The predicted octanol–water partition coefficient (Wildman–Crippen LogP) is 0.645. The van der Waals surface area contributed by atoms with Gasteiger partial charge in [0.2, 0.25) is 5.76 Å². The number of carbonyl (C=O) groups is 1. The SMILES string of the molecule is O=C(O)c1ccc(CNC2CCS(=O)(=O)CC2)o1. The number of nitrogens with one attached hydrogen (secondary N) is 1. The summed E-state index contributed by atoms with van der Waals surface area (Å²) in [7, 11) is -2.85. The summed E-state index contributed by atoms with van der Waals surface area (Å²) in [6.45, 7) is 0.415. The van der Waals surface area contributed by atoms with Gasteiger partial charge in [-0.25, -0.2) is 13.2 Å². The Morgan fingerprint density at radius 2 is 2.06 bits per heavy atom. The number of carboxylic acid groups (broad SMARTS) is 1. The van der Waals surface area contributed by atoms with Crippen LogP contribution in [0.4, 0.5) is 0 Å². The number of hydrogen-bond acceptors (Lipinski definition) is 5. The Labute approximate surface area is 105 Å². The Balaban J connectivity index is 1.83. The van der Waals surface area contributed by atoms with Gasteiger partial charge in [0.25, 0.3) is 0 Å². The molecule has 0 radical (unpaired) electrons. The van der Waals surface area contributed by atoms with Crippen molar-refractivity contribution in [1.29, 1.82) is 0 Å². The van der Waals surface area contributed by atoms with Gasteiger partial charge in [-0.15, -0.1) is 0 Å². The molecule has 7 heteroatoms. The minimum Gasteiger partial charge on any atom is -0.475 e. The van der Waals surface area contributed by atoms with Crippen LogP contribution in [-0.4, -0.2) is 37.0 Å². The lowest BCUT2D eigenvalue weighted by Gasteiger charge is -2.22. The highest BCUT2D eigenvalue weighted by Gasteiger charge is 2.23. The highest BCUT2D eigenvalue weighted by atomic mass is 32.2. The molecule has 6 nitrogen and oxygen atoms in total. The first-order valence-corrected chi connectivity index (χ1v) is 7.54. The molecule has 0 spiro atoms. The lowest BCUT2D eigenvalue weighted by atomic mass is 10.1. The van der Waals surface area contributed by atoms with Gasteiger partial charge >= 0.3 is 5.97 Å². The average molecular weight is 273 g/mol. The molecular weight excluding hydrogens is 258 g/mol. The molecule has 0 atom stereocenters. The standard InChI is InChI=1S/C11H15NO5S/c13-11(14)10-2-1-9(17-10)7-12-8-3-5-18(15,16)6-4-8/h1-2,8,12H,3-7H2,(H,13,14). The largest absolute Gasteiger partial charge is 0.475 e. The molecule has 1 aliphatic heterocycles. The molecule has 1 aromatic heterocycles. The fourth-order valence-electron chi connectivity index (χ4n) is 1.93. The van der Waals surface area contributed by atoms with Crippen LogP contribution in [0, 0.1) is 0 Å². The molecule has 0 unspecified atom stereocenters. The second-order valence-corrected chi connectivity index (χ2v) is 6.68. The summed E-state index contributed by atoms with van der Waals surface area (Å²) < 4.78 is 27.6. The summed E-state index contributed by atoms with van der Waals surface area (Å²) in [6.07, 6.45) is 1.18. The van der Waals surface area contributed by atoms with Crippen molar-refractivity contribution in [3.8, 4) is 0 Å². The zero-order valence-electron chi connectivity index (χ0n) is 9.76. The molecule has 2 heterocycles. The molecule has 2 N–H and O–H groups in total. The molecule has 0 saturated carbocycles. The minimum absolute atomic E-state index is 0.0852. The van der Waals surface area contributed by atoms with E-state index in [-0.39, 0.29) is 23.3 Å². The minimum atomic E-state index is -2.85. The molecule has 0 aliphatic carbocycles. The van der Waals surface area contributed by atoms with E-state index in [0.29, 0.717) is 25.1 Å². The van der Waals surface area contributed by atoms with Crippen LogP contribution in [0.2, 0.25) is 0 Å². The first-order chi connectivity index (χ1) is 8.46. The maximum absolute atomic E-state index is 11.2. The number of carboxylic acids is 1. The van der Waals surface area contributed by atoms with E-state index in [2.05, 4.69) is 5.32 Å². The van der Waals surface area contributed by atoms with Crippen molar-refractivity contribution in [3.63, 3.8) is 0 Å². The molecular formula is C11H15NO5S. The lowest BCUT2D eigenvalue weighted by molar-refractivity contribution is 0.0660. The molecule has 1 saturated heterocycles. The molecule has 0 amide bonds. The fourth-order valence-corrected chi connectivity index (χ4v) is 3.42. The molecule has 0 aromatic carbocycles. The second kappa shape index (κ2) is 5.11. The van der Waals surface area contributed by atoms with Crippen molar-refractivity contribution < 1.29 is 22.7 Å². The molecule has 1 fully saturated rings. The van der Waals surface area contributed by atoms with Gasteiger partial charge in [0.15, 0.2) is 0 Å². The number of furan rings is 1. The number of hydrogen-bond donors (Lipinski definition) is 2. The van der Waals surface area contributed by atoms with E-state index in [4.69, 9.17) is 9.52 Å². The molecule has 100 valence electrons. The van der Waals surface area contributed by atoms with Gasteiger partial charge in [-0.05, 0) is 25.0 Å². The van der Waals surface area contributed by atoms with Crippen LogP contribution in [0.5, 0.6) is 0 Å². The maximum atomic E-state index is 11.2. The molecule has 2 rings (SSSR count). The number of sulfone groups is 1. The fraction of sp³-hybridized carbons (Fsp3) is 0.545. The molecule has 0 bridgehead atoms. The predicted molar refractivity (Wildman–Crippen MR) is 64.2 cm³/mol. The maximum Gasteiger partial charge on any atom is 0.371 e. The summed E-state index contributed by atoms with van der Waals surface area (Å²) >= 11 is 0. The topological polar surface area (TPSA) is 96.6 Å². The van der Waals surface area contributed by atoms with Crippen LogP contribution in [0.25, 0.3) is 0 Å². The summed E-state index contributed by atoms with van der Waals surface area (Å²) in [5.74, 6) is -0.212. The van der Waals surface area contributed by atoms with Crippen LogP contribution >= 0.6 is 0 Å². The zero-order chi connectivity index (χ0) is 13.2. The van der Waals surface area contributed by atoms with E-state index in [0.717, 1.165) is 0 Å². The summed E-state index contributed by atoms with van der Waals surface area (Å²) in [6, 6.07) is 3.16. The van der Waals surface area contributed by atoms with E-state index in [1.165, 1.54) is 6.07 Å². The van der Waals surface area contributed by atoms with Crippen molar-refractivity contribution in [2.24, 2.45) is 0 Å². The second-order valence-electron chi connectivity index (χ2n) is 4.38. The van der Waals surface area contributed by atoms with Crippen LogP contribution in [0.1, 0.15) is 29.2 Å². The van der Waals surface area contributed by atoms with Crippen molar-refractivity contribution >= 4 is 15.8 Å². The van der Waals surface area contributed by atoms with Gasteiger partial charge in [-0.2, -0.15) is 0 Å². The highest BCUT2D eigenvalue weighted by Crippen LogP contribution is 2.14. The zero-order valence-corrected chi connectivity index (χ0v) is 10.6. The Hall–Kier alpha value is -1.34. The normalized spacial score (nSPS) is 19.8. The molecule has 1 aliphatic rings. The Kier molecular flexibility index (Phi) is 3.72. The van der Waals surface area contributed by atoms with Crippen molar-refractivity contribution in [1.82, 2.24) is 5.32 Å². The summed E-state index contributed by atoms with van der Waals surface area (Å²) in [5, 5.41) is 11.9. The van der Waals surface area contributed by atoms with Gasteiger partial charge in [0.1, 0.15) is 15.6 Å². The number of rotatable bonds is 4. The van der Waals surface area contributed by atoms with E-state index < -0.39 is 15.8 Å². The Bertz CT molecular complexity index is 519. The van der Waals surface area contributed by atoms with E-state index >= 15 is 0 Å². The first kappa shape index (κ1) is 13.1. The molecule has 1 aromatic rings. The van der Waals surface area contributed by atoms with Crippen molar-refractivity contribution in [2.75, 3.05) is 11.5 Å². The van der Waals surface area contributed by atoms with Crippen LogP contribution in [-0.2, 0) is 16.4 Å². The quantitative estimate of drug-likeness (QED) is 0.836. The third-order valence-corrected chi connectivity index (χ3v) is 4.71. The van der Waals surface area contributed by atoms with Gasteiger partial charge in [0.05, 0.1) is 18.1 Å². The van der Waals surface area contributed by atoms with E-state index in [1.807, 2.05) is 0 Å². The Morgan fingerprint density at radius 1 is 1.39 bits per heavy atom. The van der Waals surface area contributed by atoms with Gasteiger partial charge in [-0.1, -0.05) is 0 Å². The Morgan fingerprint density at radius 3 is 2.61 bits per heavy atom. The van der Waals surface area contributed by atoms with Crippen molar-refractivity contribution in [2.45, 2.75) is 25.4 Å². The first-order valence-electron chi connectivity index (χ1n) is 5.72. The summed E-state index contributed by atoms with van der Waals surface area (Å²) in [4.78, 5) is 10.6. The van der Waals surface area contributed by atoms with E-state index in [1.54, 1.807) is 6.07 Å². The van der Waals surface area contributed by atoms with Crippen LogP contribution < -0.4 is 5.32 Å². The third-order valence-electron chi connectivity index (χ3n) is 2.99. The van der Waals surface area contributed by atoms with Gasteiger partial charge in [-0.3, -0.25) is 0 Å². The number of aromatic carboxylic acids is 1. The van der Waals surface area contributed by atoms with Crippen LogP contribution in [0.15, 0.2) is 16.5 Å². The smallest absolute Gasteiger partial charge is 0.371 e. The average Bonchev–Trinajstić information content (AvgIpc) is 2.76. The van der Waals surface area contributed by atoms with Gasteiger partial charge < -0.3 is 14.8 Å². The van der Waals surface area contributed by atoms with Crippen LogP contribution in [0.3, 0.4) is 0 Å². The monoisotopic (exact) mass is 273 g/mol. The highest BCUT2D eigenvalue weighted by molar-refractivity contribution is 7.91. The van der Waals surface area contributed by atoms with Crippen molar-refractivity contribution in [3.05, 3.63) is 23.7 Å². The lowest BCUT2D eigenvalue weighted by Crippen LogP contribution is -2.37. The van der Waals surface area contributed by atoms with E-state index in [9.17, 15) is 13.2 Å². The third kappa shape index (κ3) is 3.33. The summed E-state index contributed by atoms with van der Waals surface area (Å²) in [5.41, 5.74) is 0. The van der Waals surface area contributed by atoms with Gasteiger partial charge in [0, 0.05) is 6.04 Å². The molecule has 18 heavy (non-hydrogen) atoms.